The maximum Gasteiger partial charge on any atom is 0.242 e. The number of pyridine rings is 1. The highest BCUT2D eigenvalue weighted by Crippen LogP contribution is 2.16. The number of nitrogens with zero attached hydrogens (tertiary/aromatic N) is 1. The second kappa shape index (κ2) is 5.16. The van der Waals surface area contributed by atoms with Crippen LogP contribution in [-0.2, 0) is 4.79 Å². The topological polar surface area (TPSA) is 54.0 Å². The van der Waals surface area contributed by atoms with Gasteiger partial charge in [0, 0.05) is 12.6 Å². The first-order valence-corrected chi connectivity index (χ1v) is 5.89. The Morgan fingerprint density at radius 2 is 2.39 bits per heavy atom. The van der Waals surface area contributed by atoms with Crippen molar-refractivity contribution >= 4 is 11.6 Å². The first kappa shape index (κ1) is 12.5. The van der Waals surface area contributed by atoms with E-state index in [4.69, 9.17) is 0 Å². The van der Waals surface area contributed by atoms with E-state index in [0.29, 0.717) is 24.3 Å². The minimum absolute atomic E-state index is 0.0883. The molecule has 2 rings (SSSR count). The number of hydrogen-bond donors (Lipinski definition) is 2. The molecule has 1 atom stereocenters. The smallest absolute Gasteiger partial charge is 0.242 e. The lowest BCUT2D eigenvalue weighted by Crippen LogP contribution is -2.38. The normalized spacial score (nSPS) is 20.2. The van der Waals surface area contributed by atoms with Crippen LogP contribution >= 0.6 is 0 Å². The number of rotatable bonds is 2. The fraction of sp³-hybridized carbons (Fsp3) is 0.385. The second-order valence-corrected chi connectivity index (χ2v) is 4.49. The van der Waals surface area contributed by atoms with Gasteiger partial charge >= 0.3 is 0 Å². The Morgan fingerprint density at radius 1 is 1.61 bits per heavy atom. The highest BCUT2D eigenvalue weighted by molar-refractivity contribution is 5.85. The Balaban J connectivity index is 2.09. The average Bonchev–Trinajstić information content (AvgIpc) is 2.49. The number of aryl methyl sites for hydroxylation is 1. The minimum atomic E-state index is -0.376. The van der Waals surface area contributed by atoms with Gasteiger partial charge in [-0.05, 0) is 19.8 Å². The molecule has 5 heteroatoms. The van der Waals surface area contributed by atoms with Crippen molar-refractivity contribution in [2.45, 2.75) is 25.8 Å². The van der Waals surface area contributed by atoms with Gasteiger partial charge < -0.3 is 10.6 Å². The summed E-state index contributed by atoms with van der Waals surface area (Å²) >= 11 is 0. The Morgan fingerprint density at radius 3 is 3.11 bits per heavy atom. The van der Waals surface area contributed by atoms with E-state index in [9.17, 15) is 9.18 Å². The van der Waals surface area contributed by atoms with Gasteiger partial charge in [0.1, 0.15) is 11.9 Å². The van der Waals surface area contributed by atoms with Gasteiger partial charge in [0.25, 0.3) is 0 Å². The molecule has 96 valence electrons. The molecule has 1 aromatic rings. The lowest BCUT2D eigenvalue weighted by Gasteiger charge is -2.16. The lowest BCUT2D eigenvalue weighted by molar-refractivity contribution is -0.121. The van der Waals surface area contributed by atoms with Gasteiger partial charge in [-0.25, -0.2) is 4.39 Å². The molecule has 0 aliphatic carbocycles. The Labute approximate surface area is 105 Å². The molecule has 1 amide bonds. The summed E-state index contributed by atoms with van der Waals surface area (Å²) in [5, 5.41) is 5.78. The van der Waals surface area contributed by atoms with Crippen molar-refractivity contribution in [2.75, 3.05) is 11.9 Å². The molecule has 2 N–H and O–H groups in total. The van der Waals surface area contributed by atoms with E-state index < -0.39 is 0 Å². The number of halogens is 1. The van der Waals surface area contributed by atoms with Gasteiger partial charge in [-0.2, -0.15) is 0 Å². The largest absolute Gasteiger partial charge is 0.372 e. The molecule has 1 unspecified atom stereocenters. The Bertz CT molecular complexity index is 487. The van der Waals surface area contributed by atoms with Crippen LogP contribution < -0.4 is 10.6 Å². The van der Waals surface area contributed by atoms with Crippen LogP contribution in [0.25, 0.3) is 0 Å². The van der Waals surface area contributed by atoms with Crippen LogP contribution in [-0.4, -0.2) is 23.5 Å². The quantitative estimate of drug-likeness (QED) is 0.785. The Hall–Kier alpha value is -1.91. The van der Waals surface area contributed by atoms with Crippen molar-refractivity contribution in [3.05, 3.63) is 35.9 Å². The summed E-state index contributed by atoms with van der Waals surface area (Å²) < 4.78 is 13.4. The van der Waals surface area contributed by atoms with E-state index in [0.717, 1.165) is 12.0 Å². The molecule has 18 heavy (non-hydrogen) atoms. The van der Waals surface area contributed by atoms with Gasteiger partial charge in [-0.3, -0.25) is 9.78 Å². The molecule has 0 bridgehead atoms. The summed E-state index contributed by atoms with van der Waals surface area (Å²) in [6.45, 7) is 5.97. The van der Waals surface area contributed by atoms with Crippen LogP contribution in [0.5, 0.6) is 0 Å². The van der Waals surface area contributed by atoms with Gasteiger partial charge in [0.15, 0.2) is 0 Å². The first-order chi connectivity index (χ1) is 8.56. The van der Waals surface area contributed by atoms with Crippen LogP contribution in [0, 0.1) is 12.7 Å². The van der Waals surface area contributed by atoms with E-state index >= 15 is 0 Å². The molecule has 1 aromatic heterocycles. The predicted molar refractivity (Wildman–Crippen MR) is 67.7 cm³/mol. The molecule has 1 fully saturated rings. The molecular formula is C13H16FN3O. The van der Waals surface area contributed by atoms with E-state index in [1.54, 1.807) is 6.92 Å². The first-order valence-electron chi connectivity index (χ1n) is 5.89. The zero-order chi connectivity index (χ0) is 13.1. The van der Waals surface area contributed by atoms with Crippen molar-refractivity contribution in [1.29, 1.82) is 0 Å². The standard InChI is InChI=1S/C13H16FN3O/c1-8-3-4-12(13(18)16-6-8)17-10-5-11(14)9(2)15-7-10/h5,7,12,17H,1,3-4,6H2,2H3,(H,16,18). The third-order valence-electron chi connectivity index (χ3n) is 2.98. The van der Waals surface area contributed by atoms with E-state index in [1.165, 1.54) is 12.3 Å². The zero-order valence-corrected chi connectivity index (χ0v) is 10.3. The molecule has 1 aliphatic heterocycles. The summed E-state index contributed by atoms with van der Waals surface area (Å²) in [5.74, 6) is -0.465. The predicted octanol–water partition coefficient (Wildman–Crippen LogP) is 1.78. The van der Waals surface area contributed by atoms with Crippen LogP contribution in [0.1, 0.15) is 18.5 Å². The molecule has 0 aromatic carbocycles. The van der Waals surface area contributed by atoms with Crippen molar-refractivity contribution < 1.29 is 9.18 Å². The molecule has 1 aliphatic rings. The summed E-state index contributed by atoms with van der Waals surface area (Å²) in [5.41, 5.74) is 1.87. The molecule has 0 saturated carbocycles. The summed E-state index contributed by atoms with van der Waals surface area (Å²) in [6.07, 6.45) is 2.96. The summed E-state index contributed by atoms with van der Waals surface area (Å²) in [7, 11) is 0. The maximum absolute atomic E-state index is 13.4. The van der Waals surface area contributed by atoms with E-state index in [1.807, 2.05) is 0 Å². The second-order valence-electron chi connectivity index (χ2n) is 4.49. The van der Waals surface area contributed by atoms with Crippen LogP contribution in [0.4, 0.5) is 10.1 Å². The monoisotopic (exact) mass is 249 g/mol. The third-order valence-corrected chi connectivity index (χ3v) is 2.98. The number of hydrogen-bond acceptors (Lipinski definition) is 3. The van der Waals surface area contributed by atoms with Crippen molar-refractivity contribution in [2.24, 2.45) is 0 Å². The van der Waals surface area contributed by atoms with E-state index in [-0.39, 0.29) is 17.8 Å². The maximum atomic E-state index is 13.4. The van der Waals surface area contributed by atoms with Gasteiger partial charge in [-0.15, -0.1) is 0 Å². The molecule has 4 nitrogen and oxygen atoms in total. The highest BCUT2D eigenvalue weighted by atomic mass is 19.1. The number of carbonyl (C=O) groups excluding carboxylic acids is 1. The van der Waals surface area contributed by atoms with Gasteiger partial charge in [-0.1, -0.05) is 12.2 Å². The molecular weight excluding hydrogens is 233 g/mol. The highest BCUT2D eigenvalue weighted by Gasteiger charge is 2.21. The third kappa shape index (κ3) is 2.85. The molecule has 0 spiro atoms. The molecule has 2 heterocycles. The number of anilines is 1. The van der Waals surface area contributed by atoms with Crippen molar-refractivity contribution in [3.63, 3.8) is 0 Å². The number of nitrogens with one attached hydrogen (secondary N) is 2. The summed E-state index contributed by atoms with van der Waals surface area (Å²) in [6, 6.07) is 0.989. The fourth-order valence-electron chi connectivity index (χ4n) is 1.83. The van der Waals surface area contributed by atoms with Crippen molar-refractivity contribution in [3.8, 4) is 0 Å². The number of carbonyl (C=O) groups is 1. The number of aromatic nitrogens is 1. The fourth-order valence-corrected chi connectivity index (χ4v) is 1.83. The average molecular weight is 249 g/mol. The van der Waals surface area contributed by atoms with Gasteiger partial charge in [0.05, 0.1) is 17.6 Å². The van der Waals surface area contributed by atoms with Crippen LogP contribution in [0.15, 0.2) is 24.4 Å². The van der Waals surface area contributed by atoms with Crippen molar-refractivity contribution in [1.82, 2.24) is 10.3 Å². The van der Waals surface area contributed by atoms with Gasteiger partial charge in [0.2, 0.25) is 5.91 Å². The van der Waals surface area contributed by atoms with Crippen LogP contribution in [0.2, 0.25) is 0 Å². The van der Waals surface area contributed by atoms with E-state index in [2.05, 4.69) is 22.2 Å². The molecule has 0 radical (unpaired) electrons. The summed E-state index contributed by atoms with van der Waals surface area (Å²) in [4.78, 5) is 15.7. The van der Waals surface area contributed by atoms with Crippen LogP contribution in [0.3, 0.4) is 0 Å². The SMILES string of the molecule is C=C1CCC(Nc2cnc(C)c(F)c2)C(=O)NC1. The molecule has 1 saturated heterocycles. The minimum Gasteiger partial charge on any atom is -0.372 e. The Kier molecular flexibility index (Phi) is 3.60. The number of amides is 1. The zero-order valence-electron chi connectivity index (χ0n) is 10.3. The lowest BCUT2D eigenvalue weighted by atomic mass is 10.1.